The van der Waals surface area contributed by atoms with Crippen LogP contribution in [0.2, 0.25) is 0 Å². The Hall–Kier alpha value is -2.64. The molecule has 0 radical (unpaired) electrons. The average molecular weight is 386 g/mol. The second-order valence-corrected chi connectivity index (χ2v) is 7.13. The number of anilines is 2. The van der Waals surface area contributed by atoms with Crippen LogP contribution in [0.5, 0.6) is 0 Å². The van der Waals surface area contributed by atoms with Crippen LogP contribution in [0.4, 0.5) is 11.4 Å². The molecule has 1 saturated heterocycles. The monoisotopic (exact) mass is 386 g/mol. The van der Waals surface area contributed by atoms with E-state index in [1.54, 1.807) is 36.4 Å². The normalized spacial score (nSPS) is 17.5. The number of nitrogens with one attached hydrogen (secondary N) is 2. The topological polar surface area (TPSA) is 89.8 Å². The fourth-order valence-electron chi connectivity index (χ4n) is 3.01. The summed E-state index contributed by atoms with van der Waals surface area (Å²) >= 11 is 0. The van der Waals surface area contributed by atoms with Crippen LogP contribution in [0.25, 0.3) is 0 Å². The SMILES string of the molecule is CC(C)[C@@H](OC[C@@H]1CCCO1)C(=O)Nc1ccc(NC(=O)c2ccco2)cc1. The number of hydrogen-bond donors (Lipinski definition) is 2. The lowest BCUT2D eigenvalue weighted by Gasteiger charge is -2.22. The summed E-state index contributed by atoms with van der Waals surface area (Å²) in [5.41, 5.74) is 1.24. The minimum atomic E-state index is -0.553. The minimum Gasteiger partial charge on any atom is -0.459 e. The predicted molar refractivity (Wildman–Crippen MR) is 105 cm³/mol. The molecule has 1 aliphatic rings. The van der Waals surface area contributed by atoms with Gasteiger partial charge in [0.05, 0.1) is 19.0 Å². The number of rotatable bonds is 8. The quantitative estimate of drug-likeness (QED) is 0.722. The van der Waals surface area contributed by atoms with Crippen molar-refractivity contribution < 1.29 is 23.5 Å². The van der Waals surface area contributed by atoms with Crippen LogP contribution in [0, 0.1) is 5.92 Å². The number of carbonyl (C=O) groups excluding carboxylic acids is 2. The van der Waals surface area contributed by atoms with E-state index in [0.717, 1.165) is 19.4 Å². The second kappa shape index (κ2) is 9.52. The molecule has 7 nitrogen and oxygen atoms in total. The molecule has 2 atom stereocenters. The van der Waals surface area contributed by atoms with Gasteiger partial charge in [0.25, 0.3) is 11.8 Å². The van der Waals surface area contributed by atoms with Crippen LogP contribution >= 0.6 is 0 Å². The van der Waals surface area contributed by atoms with Crippen LogP contribution in [0.3, 0.4) is 0 Å². The van der Waals surface area contributed by atoms with Crippen LogP contribution < -0.4 is 10.6 Å². The van der Waals surface area contributed by atoms with E-state index in [1.807, 2.05) is 13.8 Å². The lowest BCUT2D eigenvalue weighted by molar-refractivity contribution is -0.132. The number of furan rings is 1. The van der Waals surface area contributed by atoms with Gasteiger partial charge in [0, 0.05) is 18.0 Å². The summed E-state index contributed by atoms with van der Waals surface area (Å²) in [6.07, 6.45) is 2.97. The van der Waals surface area contributed by atoms with Crippen molar-refractivity contribution in [3.63, 3.8) is 0 Å². The number of ether oxygens (including phenoxy) is 2. The molecule has 0 unspecified atom stereocenters. The summed E-state index contributed by atoms with van der Waals surface area (Å²) in [6, 6.07) is 10.1. The van der Waals surface area contributed by atoms with Crippen molar-refractivity contribution >= 4 is 23.2 Å². The Balaban J connectivity index is 1.53. The van der Waals surface area contributed by atoms with E-state index < -0.39 is 6.10 Å². The molecule has 0 saturated carbocycles. The van der Waals surface area contributed by atoms with E-state index in [-0.39, 0.29) is 29.6 Å². The van der Waals surface area contributed by atoms with E-state index in [1.165, 1.54) is 6.26 Å². The first-order chi connectivity index (χ1) is 13.5. The van der Waals surface area contributed by atoms with Gasteiger partial charge >= 0.3 is 0 Å². The molecule has 0 bridgehead atoms. The molecule has 2 amide bonds. The van der Waals surface area contributed by atoms with Crippen LogP contribution in [-0.2, 0) is 14.3 Å². The number of amides is 2. The van der Waals surface area contributed by atoms with Crippen molar-refractivity contribution in [1.82, 2.24) is 0 Å². The molecule has 1 aliphatic heterocycles. The molecule has 0 spiro atoms. The fraction of sp³-hybridized carbons (Fsp3) is 0.429. The molecule has 150 valence electrons. The molecule has 1 aromatic carbocycles. The third-order valence-corrected chi connectivity index (χ3v) is 4.50. The fourth-order valence-corrected chi connectivity index (χ4v) is 3.01. The first-order valence-electron chi connectivity index (χ1n) is 9.52. The van der Waals surface area contributed by atoms with Gasteiger partial charge < -0.3 is 24.5 Å². The molecule has 0 aliphatic carbocycles. The lowest BCUT2D eigenvalue weighted by Crippen LogP contribution is -2.36. The highest BCUT2D eigenvalue weighted by molar-refractivity contribution is 6.02. The van der Waals surface area contributed by atoms with Crippen molar-refractivity contribution in [3.8, 4) is 0 Å². The zero-order valence-corrected chi connectivity index (χ0v) is 16.1. The molecule has 2 aromatic rings. The molecular weight excluding hydrogens is 360 g/mol. The van der Waals surface area contributed by atoms with Crippen molar-refractivity contribution in [2.45, 2.75) is 38.9 Å². The zero-order chi connectivity index (χ0) is 19.9. The van der Waals surface area contributed by atoms with Gasteiger partial charge in [0.15, 0.2) is 5.76 Å². The van der Waals surface area contributed by atoms with Gasteiger partial charge in [-0.3, -0.25) is 9.59 Å². The summed E-state index contributed by atoms with van der Waals surface area (Å²) < 4.78 is 16.5. The van der Waals surface area contributed by atoms with Gasteiger partial charge in [-0.15, -0.1) is 0 Å². The van der Waals surface area contributed by atoms with Crippen molar-refractivity contribution in [2.75, 3.05) is 23.8 Å². The highest BCUT2D eigenvalue weighted by Crippen LogP contribution is 2.18. The number of benzene rings is 1. The first kappa shape index (κ1) is 20.1. The zero-order valence-electron chi connectivity index (χ0n) is 16.1. The molecule has 28 heavy (non-hydrogen) atoms. The van der Waals surface area contributed by atoms with Crippen molar-refractivity contribution in [1.29, 1.82) is 0 Å². The molecule has 3 rings (SSSR count). The van der Waals surface area contributed by atoms with E-state index in [9.17, 15) is 9.59 Å². The molecule has 2 heterocycles. The maximum absolute atomic E-state index is 12.6. The van der Waals surface area contributed by atoms with E-state index >= 15 is 0 Å². The Labute approximate surface area is 164 Å². The summed E-state index contributed by atoms with van der Waals surface area (Å²) in [4.78, 5) is 24.6. The molecule has 1 fully saturated rings. The Bertz CT molecular complexity index is 765. The standard InChI is InChI=1S/C21H26N2O5/c1-14(2)19(28-13-17-5-3-11-26-17)21(25)23-16-9-7-15(8-10-16)22-20(24)18-6-4-12-27-18/h4,6-10,12,14,17,19H,3,5,11,13H2,1-2H3,(H,22,24)(H,23,25)/t17-,19+/m0/s1. The maximum Gasteiger partial charge on any atom is 0.291 e. The van der Waals surface area contributed by atoms with E-state index in [0.29, 0.717) is 18.0 Å². The Morgan fingerprint density at radius 2 is 1.86 bits per heavy atom. The highest BCUT2D eigenvalue weighted by Gasteiger charge is 2.26. The van der Waals surface area contributed by atoms with Gasteiger partial charge in [-0.1, -0.05) is 13.8 Å². The average Bonchev–Trinajstić information content (AvgIpc) is 3.37. The van der Waals surface area contributed by atoms with Crippen molar-refractivity contribution in [2.24, 2.45) is 5.92 Å². The molecular formula is C21H26N2O5. The van der Waals surface area contributed by atoms with Crippen molar-refractivity contribution in [3.05, 3.63) is 48.4 Å². The van der Waals surface area contributed by atoms with E-state index in [4.69, 9.17) is 13.9 Å². The third-order valence-electron chi connectivity index (χ3n) is 4.50. The Morgan fingerprint density at radius 1 is 1.14 bits per heavy atom. The third kappa shape index (κ3) is 5.43. The number of carbonyl (C=O) groups is 2. The maximum atomic E-state index is 12.6. The molecule has 1 aromatic heterocycles. The van der Waals surface area contributed by atoms with Crippen LogP contribution in [-0.4, -0.2) is 37.2 Å². The van der Waals surface area contributed by atoms with Gasteiger partial charge in [-0.2, -0.15) is 0 Å². The van der Waals surface area contributed by atoms with Gasteiger partial charge in [0.2, 0.25) is 0 Å². The first-order valence-corrected chi connectivity index (χ1v) is 9.52. The Morgan fingerprint density at radius 3 is 2.43 bits per heavy atom. The molecule has 2 N–H and O–H groups in total. The smallest absolute Gasteiger partial charge is 0.291 e. The highest BCUT2D eigenvalue weighted by atomic mass is 16.5. The minimum absolute atomic E-state index is 0.0354. The number of hydrogen-bond acceptors (Lipinski definition) is 5. The van der Waals surface area contributed by atoms with Gasteiger partial charge in [0.1, 0.15) is 6.10 Å². The summed E-state index contributed by atoms with van der Waals surface area (Å²) in [6.45, 7) is 5.09. The summed E-state index contributed by atoms with van der Waals surface area (Å²) in [7, 11) is 0. The van der Waals surface area contributed by atoms with Gasteiger partial charge in [-0.25, -0.2) is 0 Å². The summed E-state index contributed by atoms with van der Waals surface area (Å²) in [5.74, 6) is -0.252. The summed E-state index contributed by atoms with van der Waals surface area (Å²) in [5, 5.41) is 5.60. The Kier molecular flexibility index (Phi) is 6.84. The predicted octanol–water partition coefficient (Wildman–Crippen LogP) is 3.69. The molecule has 7 heteroatoms. The largest absolute Gasteiger partial charge is 0.459 e. The second-order valence-electron chi connectivity index (χ2n) is 7.13. The van der Waals surface area contributed by atoms with E-state index in [2.05, 4.69) is 10.6 Å². The lowest BCUT2D eigenvalue weighted by atomic mass is 10.1. The van der Waals surface area contributed by atoms with Gasteiger partial charge in [-0.05, 0) is 55.2 Å². The van der Waals surface area contributed by atoms with Crippen LogP contribution in [0.1, 0.15) is 37.2 Å². The van der Waals surface area contributed by atoms with Crippen LogP contribution in [0.15, 0.2) is 47.1 Å².